The molecule has 0 unspecified atom stereocenters. The number of ether oxygens (including phenoxy) is 1. The van der Waals surface area contributed by atoms with Gasteiger partial charge in [-0.1, -0.05) is 0 Å². The van der Waals surface area contributed by atoms with Crippen molar-refractivity contribution in [2.75, 3.05) is 25.5 Å². The highest BCUT2D eigenvalue weighted by atomic mass is 19.1. The second-order valence-electron chi connectivity index (χ2n) is 5.80. The first-order chi connectivity index (χ1) is 11.2. The van der Waals surface area contributed by atoms with Crippen molar-refractivity contribution in [2.45, 2.75) is 25.4 Å². The molecule has 0 amide bonds. The summed E-state index contributed by atoms with van der Waals surface area (Å²) in [6.45, 7) is 2.68. The van der Waals surface area contributed by atoms with E-state index < -0.39 is 0 Å². The molecule has 1 saturated heterocycles. The number of anilines is 1. The fraction of sp³-hybridized carbons (Fsp3) is 0.412. The minimum Gasteiger partial charge on any atom is -0.497 e. The lowest BCUT2D eigenvalue weighted by Gasteiger charge is -2.32. The van der Waals surface area contributed by atoms with Gasteiger partial charge in [-0.25, -0.2) is 4.39 Å². The number of hydrogen-bond donors (Lipinski definition) is 1. The molecule has 23 heavy (non-hydrogen) atoms. The van der Waals surface area contributed by atoms with Crippen molar-refractivity contribution in [1.29, 1.82) is 0 Å². The van der Waals surface area contributed by atoms with E-state index in [4.69, 9.17) is 4.74 Å². The van der Waals surface area contributed by atoms with Crippen LogP contribution in [0.25, 0.3) is 0 Å². The van der Waals surface area contributed by atoms with E-state index in [1.807, 2.05) is 18.2 Å². The predicted octanol–water partition coefficient (Wildman–Crippen LogP) is 2.70. The Kier molecular flexibility index (Phi) is 5.02. The second kappa shape index (κ2) is 7.37. The van der Waals surface area contributed by atoms with Crippen LogP contribution in [-0.4, -0.2) is 41.3 Å². The average molecular weight is 316 g/mol. The molecule has 1 aliphatic heterocycles. The van der Waals surface area contributed by atoms with Crippen molar-refractivity contribution in [2.24, 2.45) is 0 Å². The van der Waals surface area contributed by atoms with Crippen LogP contribution in [0.15, 0.2) is 36.5 Å². The summed E-state index contributed by atoms with van der Waals surface area (Å²) in [4.78, 5) is 2.34. The first-order valence-corrected chi connectivity index (χ1v) is 7.83. The van der Waals surface area contributed by atoms with Gasteiger partial charge < -0.3 is 10.1 Å². The van der Waals surface area contributed by atoms with Gasteiger partial charge in [0.2, 0.25) is 0 Å². The molecule has 0 bridgehead atoms. The third kappa shape index (κ3) is 4.39. The smallest absolute Gasteiger partial charge is 0.148 e. The summed E-state index contributed by atoms with van der Waals surface area (Å²) in [6, 6.07) is 9.09. The Labute approximate surface area is 135 Å². The number of halogens is 1. The third-order valence-electron chi connectivity index (χ3n) is 4.08. The minimum absolute atomic E-state index is 0.251. The molecule has 0 atom stereocenters. The molecule has 0 saturated carbocycles. The number of likely N-dealkylation sites (tertiary alicyclic amines) is 1. The van der Waals surface area contributed by atoms with Gasteiger partial charge in [0.1, 0.15) is 17.4 Å². The molecule has 0 spiro atoms. The van der Waals surface area contributed by atoms with Crippen LogP contribution in [0.3, 0.4) is 0 Å². The van der Waals surface area contributed by atoms with Gasteiger partial charge in [-0.15, -0.1) is 5.10 Å². The monoisotopic (exact) mass is 316 g/mol. The van der Waals surface area contributed by atoms with Gasteiger partial charge in [-0.05, 0) is 42.7 Å². The lowest BCUT2D eigenvalue weighted by molar-refractivity contribution is 0.210. The van der Waals surface area contributed by atoms with Crippen LogP contribution in [0.4, 0.5) is 10.2 Å². The minimum atomic E-state index is -0.251. The zero-order chi connectivity index (χ0) is 16.1. The largest absolute Gasteiger partial charge is 0.497 e. The number of nitrogens with zero attached hydrogens (tertiary/aromatic N) is 3. The molecule has 122 valence electrons. The molecule has 0 aliphatic carbocycles. The standard InChI is InChI=1S/C17H21FN4O/c1-23-16-10-13(9-14(18)11-16)12-22-7-4-15(5-8-22)20-17-3-2-6-19-21-17/h2-3,6,9-11,15H,4-5,7-8,12H2,1H3,(H,20,21). The summed E-state index contributed by atoms with van der Waals surface area (Å²) in [6.07, 6.45) is 3.73. The SMILES string of the molecule is COc1cc(F)cc(CN2CCC(Nc3cccnn3)CC2)c1. The maximum absolute atomic E-state index is 13.6. The van der Waals surface area contributed by atoms with Crippen LogP contribution >= 0.6 is 0 Å². The van der Waals surface area contributed by atoms with E-state index in [-0.39, 0.29) is 5.82 Å². The number of rotatable bonds is 5. The Balaban J connectivity index is 1.52. The van der Waals surface area contributed by atoms with Crippen LogP contribution in [0.5, 0.6) is 5.75 Å². The molecule has 1 aromatic carbocycles. The van der Waals surface area contributed by atoms with Crippen molar-refractivity contribution < 1.29 is 9.13 Å². The van der Waals surface area contributed by atoms with Gasteiger partial charge in [0.25, 0.3) is 0 Å². The molecule has 2 heterocycles. The Bertz CT molecular complexity index is 630. The van der Waals surface area contributed by atoms with Crippen molar-refractivity contribution in [3.05, 3.63) is 47.9 Å². The number of hydrogen-bond acceptors (Lipinski definition) is 5. The summed E-state index contributed by atoms with van der Waals surface area (Å²) in [5.41, 5.74) is 0.946. The van der Waals surface area contributed by atoms with E-state index in [1.165, 1.54) is 6.07 Å². The first kappa shape index (κ1) is 15.7. The van der Waals surface area contributed by atoms with E-state index in [2.05, 4.69) is 20.4 Å². The Morgan fingerprint density at radius 3 is 2.83 bits per heavy atom. The fourth-order valence-corrected chi connectivity index (χ4v) is 2.91. The summed E-state index contributed by atoms with van der Waals surface area (Å²) in [7, 11) is 1.56. The molecular formula is C17H21FN4O. The van der Waals surface area contributed by atoms with E-state index >= 15 is 0 Å². The molecule has 1 aliphatic rings. The highest BCUT2D eigenvalue weighted by Crippen LogP contribution is 2.20. The average Bonchev–Trinajstić information content (AvgIpc) is 2.57. The summed E-state index contributed by atoms with van der Waals surface area (Å²) in [5.74, 6) is 1.14. The number of methoxy groups -OCH3 is 1. The number of nitrogens with one attached hydrogen (secondary N) is 1. The zero-order valence-electron chi connectivity index (χ0n) is 13.2. The zero-order valence-corrected chi connectivity index (χ0v) is 13.2. The van der Waals surface area contributed by atoms with Gasteiger partial charge in [-0.2, -0.15) is 5.10 Å². The van der Waals surface area contributed by atoms with E-state index in [9.17, 15) is 4.39 Å². The molecule has 0 radical (unpaired) electrons. The van der Waals surface area contributed by atoms with Gasteiger partial charge in [0.05, 0.1) is 7.11 Å². The Morgan fingerprint density at radius 2 is 2.13 bits per heavy atom. The number of aromatic nitrogens is 2. The van der Waals surface area contributed by atoms with Crippen LogP contribution in [0.2, 0.25) is 0 Å². The lowest BCUT2D eigenvalue weighted by atomic mass is 10.0. The summed E-state index contributed by atoms with van der Waals surface area (Å²) < 4.78 is 18.7. The Hall–Kier alpha value is -2.21. The normalized spacial score (nSPS) is 16.3. The molecule has 1 N–H and O–H groups in total. The van der Waals surface area contributed by atoms with E-state index in [1.54, 1.807) is 19.4 Å². The molecule has 1 aromatic heterocycles. The van der Waals surface area contributed by atoms with Gasteiger partial charge in [-0.3, -0.25) is 4.90 Å². The topological polar surface area (TPSA) is 50.3 Å². The Morgan fingerprint density at radius 1 is 1.30 bits per heavy atom. The highest BCUT2D eigenvalue weighted by Gasteiger charge is 2.19. The van der Waals surface area contributed by atoms with Crippen molar-refractivity contribution >= 4 is 5.82 Å². The third-order valence-corrected chi connectivity index (χ3v) is 4.08. The van der Waals surface area contributed by atoms with Crippen LogP contribution in [0.1, 0.15) is 18.4 Å². The predicted molar refractivity (Wildman–Crippen MR) is 86.9 cm³/mol. The number of benzene rings is 1. The van der Waals surface area contributed by atoms with Crippen LogP contribution < -0.4 is 10.1 Å². The fourth-order valence-electron chi connectivity index (χ4n) is 2.91. The molecule has 1 fully saturated rings. The van der Waals surface area contributed by atoms with Gasteiger partial charge in [0.15, 0.2) is 0 Å². The molecule has 6 heteroatoms. The highest BCUT2D eigenvalue weighted by molar-refractivity contribution is 5.33. The number of piperidine rings is 1. The van der Waals surface area contributed by atoms with Crippen molar-refractivity contribution in [3.63, 3.8) is 0 Å². The lowest BCUT2D eigenvalue weighted by Crippen LogP contribution is -2.38. The first-order valence-electron chi connectivity index (χ1n) is 7.83. The van der Waals surface area contributed by atoms with Crippen molar-refractivity contribution in [1.82, 2.24) is 15.1 Å². The molecule has 3 rings (SSSR count). The summed E-state index contributed by atoms with van der Waals surface area (Å²) >= 11 is 0. The maximum atomic E-state index is 13.6. The van der Waals surface area contributed by atoms with Gasteiger partial charge >= 0.3 is 0 Å². The van der Waals surface area contributed by atoms with E-state index in [0.717, 1.165) is 43.9 Å². The van der Waals surface area contributed by atoms with Crippen LogP contribution in [-0.2, 0) is 6.54 Å². The van der Waals surface area contributed by atoms with Crippen molar-refractivity contribution in [3.8, 4) is 5.75 Å². The molecule has 5 nitrogen and oxygen atoms in total. The van der Waals surface area contributed by atoms with Gasteiger partial charge in [0, 0.05) is 37.9 Å². The maximum Gasteiger partial charge on any atom is 0.148 e. The molecule has 2 aromatic rings. The quantitative estimate of drug-likeness (QED) is 0.919. The summed E-state index contributed by atoms with van der Waals surface area (Å²) in [5, 5.41) is 11.3. The second-order valence-corrected chi connectivity index (χ2v) is 5.80. The van der Waals surface area contributed by atoms with E-state index in [0.29, 0.717) is 11.8 Å². The molecular weight excluding hydrogens is 295 g/mol. The van der Waals surface area contributed by atoms with Crippen LogP contribution in [0, 0.1) is 5.82 Å².